The fourth-order valence-electron chi connectivity index (χ4n) is 3.03. The van der Waals surface area contributed by atoms with E-state index in [0.717, 1.165) is 0 Å². The lowest BCUT2D eigenvalue weighted by atomic mass is 10.1. The highest BCUT2D eigenvalue weighted by atomic mass is 35.5. The first kappa shape index (κ1) is 19.7. The predicted molar refractivity (Wildman–Crippen MR) is 105 cm³/mol. The largest absolute Gasteiger partial charge is 0.485 e. The van der Waals surface area contributed by atoms with Crippen LogP contribution in [0.15, 0.2) is 30.5 Å². The van der Waals surface area contributed by atoms with Gasteiger partial charge in [-0.3, -0.25) is 4.79 Å². The number of benzene rings is 1. The normalized spacial score (nSPS) is 19.8. The van der Waals surface area contributed by atoms with Gasteiger partial charge in [-0.05, 0) is 32.0 Å². The summed E-state index contributed by atoms with van der Waals surface area (Å²) in [4.78, 5) is 18.7. The fourth-order valence-corrected chi connectivity index (χ4v) is 3.54. The Morgan fingerprint density at radius 1 is 1.30 bits per heavy atom. The molecule has 144 valence electrons. The van der Waals surface area contributed by atoms with Crippen LogP contribution in [-0.4, -0.2) is 41.1 Å². The van der Waals surface area contributed by atoms with E-state index in [1.807, 2.05) is 13.8 Å². The van der Waals surface area contributed by atoms with Crippen molar-refractivity contribution in [3.05, 3.63) is 51.6 Å². The number of pyridine rings is 1. The number of rotatable bonds is 4. The number of amides is 1. The van der Waals surface area contributed by atoms with E-state index in [1.165, 1.54) is 6.20 Å². The highest BCUT2D eigenvalue weighted by molar-refractivity contribution is 6.35. The van der Waals surface area contributed by atoms with E-state index in [9.17, 15) is 4.79 Å². The number of aromatic nitrogens is 1. The molecular weight excluding hydrogens is 389 g/mol. The lowest BCUT2D eigenvalue weighted by Gasteiger charge is -2.35. The van der Waals surface area contributed by atoms with Gasteiger partial charge in [0.1, 0.15) is 6.61 Å². The molecule has 1 amide bonds. The lowest BCUT2D eigenvalue weighted by molar-refractivity contribution is -0.0586. The van der Waals surface area contributed by atoms with Gasteiger partial charge < -0.3 is 20.1 Å². The summed E-state index contributed by atoms with van der Waals surface area (Å²) < 4.78 is 11.4. The van der Waals surface area contributed by atoms with Crippen LogP contribution in [0.4, 0.5) is 5.82 Å². The molecule has 2 aromatic rings. The van der Waals surface area contributed by atoms with Gasteiger partial charge in [0.25, 0.3) is 5.91 Å². The number of anilines is 1. The lowest BCUT2D eigenvalue weighted by Crippen LogP contribution is -2.48. The Kier molecular flexibility index (Phi) is 6.09. The van der Waals surface area contributed by atoms with Gasteiger partial charge in [-0.2, -0.15) is 0 Å². The van der Waals surface area contributed by atoms with Gasteiger partial charge >= 0.3 is 0 Å². The Hall–Kier alpha value is -2.02. The standard InChI is InChI=1S/C19H21Cl2N3O3/c1-11-8-24(9-12(2)27-11)19(25)13-6-17(18(22)23-7-13)26-10-14-15(20)4-3-5-16(14)21/h3-7,11-12H,8-10H2,1-2H3,(H2,22,23)/t11-,12+. The third-order valence-corrected chi connectivity index (χ3v) is 4.98. The van der Waals surface area contributed by atoms with Crippen molar-refractivity contribution < 1.29 is 14.3 Å². The Bertz CT molecular complexity index is 817. The molecule has 1 aliphatic heterocycles. The number of halogens is 2. The molecule has 1 aliphatic rings. The molecule has 1 fully saturated rings. The summed E-state index contributed by atoms with van der Waals surface area (Å²) in [5.41, 5.74) is 6.96. The number of ether oxygens (including phenoxy) is 2. The maximum Gasteiger partial charge on any atom is 0.255 e. The number of carbonyl (C=O) groups is 1. The van der Waals surface area contributed by atoms with Crippen molar-refractivity contribution in [2.75, 3.05) is 18.8 Å². The SMILES string of the molecule is C[C@@H]1CN(C(=O)c2cnc(N)c(OCc3c(Cl)cccc3Cl)c2)C[C@H](C)O1. The number of nitrogens with two attached hydrogens (primary N) is 1. The van der Waals surface area contributed by atoms with Crippen LogP contribution in [0, 0.1) is 0 Å². The molecule has 6 nitrogen and oxygen atoms in total. The van der Waals surface area contributed by atoms with Gasteiger partial charge in [0.05, 0.1) is 17.8 Å². The van der Waals surface area contributed by atoms with Crippen molar-refractivity contribution in [3.8, 4) is 5.75 Å². The third-order valence-electron chi connectivity index (χ3n) is 4.27. The van der Waals surface area contributed by atoms with Gasteiger partial charge in [-0.1, -0.05) is 29.3 Å². The first-order valence-corrected chi connectivity index (χ1v) is 9.36. The molecule has 0 aliphatic carbocycles. The van der Waals surface area contributed by atoms with Crippen LogP contribution < -0.4 is 10.5 Å². The van der Waals surface area contributed by atoms with Gasteiger partial charge in [0.15, 0.2) is 11.6 Å². The smallest absolute Gasteiger partial charge is 0.255 e. The van der Waals surface area contributed by atoms with Crippen LogP contribution in [0.1, 0.15) is 29.8 Å². The minimum absolute atomic E-state index is 0.0162. The highest BCUT2D eigenvalue weighted by Crippen LogP contribution is 2.28. The molecule has 0 radical (unpaired) electrons. The average Bonchev–Trinajstić information content (AvgIpc) is 2.61. The van der Waals surface area contributed by atoms with Crippen molar-refractivity contribution in [1.29, 1.82) is 0 Å². The molecule has 1 saturated heterocycles. The Morgan fingerprint density at radius 3 is 2.56 bits per heavy atom. The van der Waals surface area contributed by atoms with Crippen LogP contribution in [0.2, 0.25) is 10.0 Å². The summed E-state index contributed by atoms with van der Waals surface area (Å²) in [5, 5.41) is 0.995. The first-order valence-electron chi connectivity index (χ1n) is 8.61. The molecule has 27 heavy (non-hydrogen) atoms. The van der Waals surface area contributed by atoms with Gasteiger partial charge in [0.2, 0.25) is 0 Å². The zero-order chi connectivity index (χ0) is 19.6. The monoisotopic (exact) mass is 409 g/mol. The van der Waals surface area contributed by atoms with Gasteiger partial charge in [0, 0.05) is 34.9 Å². The Balaban J connectivity index is 1.77. The topological polar surface area (TPSA) is 77.7 Å². The molecule has 2 atom stereocenters. The number of nitrogens with zero attached hydrogens (tertiary/aromatic N) is 2. The molecule has 8 heteroatoms. The maximum atomic E-state index is 12.8. The summed E-state index contributed by atoms with van der Waals surface area (Å²) in [5.74, 6) is 0.370. The summed E-state index contributed by atoms with van der Waals surface area (Å²) in [6.45, 7) is 5.06. The van der Waals surface area contributed by atoms with E-state index < -0.39 is 0 Å². The van der Waals surface area contributed by atoms with E-state index in [-0.39, 0.29) is 30.5 Å². The van der Waals surface area contributed by atoms with E-state index in [2.05, 4.69) is 4.98 Å². The Morgan fingerprint density at radius 2 is 1.93 bits per heavy atom. The summed E-state index contributed by atoms with van der Waals surface area (Å²) in [6, 6.07) is 6.82. The van der Waals surface area contributed by atoms with Crippen molar-refractivity contribution in [2.45, 2.75) is 32.7 Å². The number of carbonyl (C=O) groups excluding carboxylic acids is 1. The molecule has 0 saturated carbocycles. The van der Waals surface area contributed by atoms with E-state index >= 15 is 0 Å². The molecule has 1 aromatic heterocycles. The van der Waals surface area contributed by atoms with Crippen LogP contribution in [-0.2, 0) is 11.3 Å². The summed E-state index contributed by atoms with van der Waals surface area (Å²) >= 11 is 12.3. The Labute approximate surface area is 168 Å². The minimum atomic E-state index is -0.134. The van der Waals surface area contributed by atoms with Crippen molar-refractivity contribution in [3.63, 3.8) is 0 Å². The van der Waals surface area contributed by atoms with E-state index in [4.69, 9.17) is 38.4 Å². The number of hydrogen-bond donors (Lipinski definition) is 1. The molecule has 3 rings (SSSR count). The van der Waals surface area contributed by atoms with Crippen molar-refractivity contribution in [2.24, 2.45) is 0 Å². The second-order valence-electron chi connectivity index (χ2n) is 6.56. The minimum Gasteiger partial charge on any atom is -0.485 e. The van der Waals surface area contributed by atoms with Crippen LogP contribution in [0.25, 0.3) is 0 Å². The second-order valence-corrected chi connectivity index (χ2v) is 7.38. The molecule has 0 spiro atoms. The van der Waals surface area contributed by atoms with Crippen molar-refractivity contribution >= 4 is 34.9 Å². The van der Waals surface area contributed by atoms with Crippen LogP contribution in [0.3, 0.4) is 0 Å². The van der Waals surface area contributed by atoms with Crippen LogP contribution in [0.5, 0.6) is 5.75 Å². The predicted octanol–water partition coefficient (Wildman–Crippen LogP) is 3.80. The molecule has 1 aromatic carbocycles. The third kappa shape index (κ3) is 4.64. The van der Waals surface area contributed by atoms with E-state index in [1.54, 1.807) is 29.2 Å². The summed E-state index contributed by atoms with van der Waals surface area (Å²) in [7, 11) is 0. The van der Waals surface area contributed by atoms with Crippen LogP contribution >= 0.6 is 23.2 Å². The second kappa shape index (κ2) is 8.33. The molecule has 0 bridgehead atoms. The zero-order valence-electron chi connectivity index (χ0n) is 15.1. The summed E-state index contributed by atoms with van der Waals surface area (Å²) in [6.07, 6.45) is 1.42. The average molecular weight is 410 g/mol. The van der Waals surface area contributed by atoms with Crippen molar-refractivity contribution in [1.82, 2.24) is 9.88 Å². The van der Waals surface area contributed by atoms with Gasteiger partial charge in [-0.15, -0.1) is 0 Å². The van der Waals surface area contributed by atoms with E-state index in [0.29, 0.717) is 40.0 Å². The number of morpholine rings is 1. The number of nitrogen functional groups attached to an aromatic ring is 1. The zero-order valence-corrected chi connectivity index (χ0v) is 16.6. The molecule has 0 unspecified atom stereocenters. The quantitative estimate of drug-likeness (QED) is 0.830. The molecule has 2 N–H and O–H groups in total. The molecular formula is C19H21Cl2N3O3. The highest BCUT2D eigenvalue weighted by Gasteiger charge is 2.27. The number of hydrogen-bond acceptors (Lipinski definition) is 5. The first-order chi connectivity index (χ1) is 12.8. The molecule has 2 heterocycles. The maximum absolute atomic E-state index is 12.8. The van der Waals surface area contributed by atoms with Gasteiger partial charge in [-0.25, -0.2) is 4.98 Å². The fraction of sp³-hybridized carbons (Fsp3) is 0.368.